The SMILES string of the molecule is CCCOC(=O)C(=Cc1ccccc1C(=O)O)C(=O)OCCC. The molecule has 6 heteroatoms. The molecule has 1 rings (SSSR count). The van der Waals surface area contributed by atoms with E-state index in [1.54, 1.807) is 12.1 Å². The molecule has 0 spiro atoms. The van der Waals surface area contributed by atoms with Gasteiger partial charge in [-0.25, -0.2) is 14.4 Å². The summed E-state index contributed by atoms with van der Waals surface area (Å²) in [5.41, 5.74) is -0.103. The largest absolute Gasteiger partial charge is 0.478 e. The molecule has 0 fully saturated rings. The van der Waals surface area contributed by atoms with Crippen LogP contribution in [-0.2, 0) is 19.1 Å². The Hall–Kier alpha value is -2.63. The zero-order valence-corrected chi connectivity index (χ0v) is 13.2. The lowest BCUT2D eigenvalue weighted by Gasteiger charge is -2.09. The van der Waals surface area contributed by atoms with Crippen molar-refractivity contribution in [2.45, 2.75) is 26.7 Å². The maximum atomic E-state index is 12.1. The predicted molar refractivity (Wildman–Crippen MR) is 83.9 cm³/mol. The minimum absolute atomic E-state index is 0.0171. The lowest BCUT2D eigenvalue weighted by Crippen LogP contribution is -2.19. The Morgan fingerprint density at radius 2 is 1.52 bits per heavy atom. The first kappa shape index (κ1) is 18.4. The number of rotatable bonds is 8. The van der Waals surface area contributed by atoms with E-state index in [4.69, 9.17) is 9.47 Å². The van der Waals surface area contributed by atoms with E-state index in [9.17, 15) is 19.5 Å². The van der Waals surface area contributed by atoms with E-state index in [2.05, 4.69) is 0 Å². The monoisotopic (exact) mass is 320 g/mol. The molecule has 0 radical (unpaired) electrons. The van der Waals surface area contributed by atoms with Crippen molar-refractivity contribution in [1.29, 1.82) is 0 Å². The second kappa shape index (κ2) is 9.40. The van der Waals surface area contributed by atoms with Crippen LogP contribution in [0.1, 0.15) is 42.6 Å². The quantitative estimate of drug-likeness (QED) is 0.343. The molecule has 0 amide bonds. The summed E-state index contributed by atoms with van der Waals surface area (Å²) < 4.78 is 9.94. The van der Waals surface area contributed by atoms with Crippen molar-refractivity contribution < 1.29 is 29.0 Å². The molecule has 124 valence electrons. The molecule has 0 aliphatic heterocycles. The summed E-state index contributed by atoms with van der Waals surface area (Å²) in [5, 5.41) is 9.18. The molecule has 0 unspecified atom stereocenters. The van der Waals surface area contributed by atoms with Gasteiger partial charge >= 0.3 is 17.9 Å². The minimum atomic E-state index is -1.15. The highest BCUT2D eigenvalue weighted by Gasteiger charge is 2.22. The summed E-state index contributed by atoms with van der Waals surface area (Å²) in [5.74, 6) is -2.80. The summed E-state index contributed by atoms with van der Waals surface area (Å²) in [6, 6.07) is 6.07. The molecule has 6 nitrogen and oxygen atoms in total. The molecule has 23 heavy (non-hydrogen) atoms. The molecule has 1 aromatic rings. The molecular formula is C17H20O6. The number of aromatic carboxylic acids is 1. The summed E-state index contributed by atoms with van der Waals surface area (Å²) in [6.45, 7) is 3.98. The zero-order valence-electron chi connectivity index (χ0n) is 13.2. The molecule has 0 heterocycles. The third-order valence-corrected chi connectivity index (χ3v) is 2.81. The highest BCUT2D eigenvalue weighted by molar-refractivity contribution is 6.18. The van der Waals surface area contributed by atoms with E-state index in [1.807, 2.05) is 13.8 Å². The number of esters is 2. The number of ether oxygens (including phenoxy) is 2. The normalized spacial score (nSPS) is 9.83. The van der Waals surface area contributed by atoms with Crippen molar-refractivity contribution in [3.63, 3.8) is 0 Å². The highest BCUT2D eigenvalue weighted by Crippen LogP contribution is 2.15. The molecule has 1 aromatic carbocycles. The fourth-order valence-corrected chi connectivity index (χ4v) is 1.72. The average Bonchev–Trinajstić information content (AvgIpc) is 2.55. The predicted octanol–water partition coefficient (Wildman–Crippen LogP) is 2.67. The lowest BCUT2D eigenvalue weighted by atomic mass is 10.0. The molecule has 0 bridgehead atoms. The third-order valence-electron chi connectivity index (χ3n) is 2.81. The molecule has 0 aliphatic rings. The lowest BCUT2D eigenvalue weighted by molar-refractivity contribution is -0.147. The van der Waals surface area contributed by atoms with Crippen molar-refractivity contribution in [2.24, 2.45) is 0 Å². The average molecular weight is 320 g/mol. The number of hydrogen-bond donors (Lipinski definition) is 1. The first-order valence-corrected chi connectivity index (χ1v) is 7.39. The highest BCUT2D eigenvalue weighted by atomic mass is 16.6. The van der Waals surface area contributed by atoms with Crippen LogP contribution in [-0.4, -0.2) is 36.2 Å². The van der Waals surface area contributed by atoms with Crippen LogP contribution in [0, 0.1) is 0 Å². The fraction of sp³-hybridized carbons (Fsp3) is 0.353. The van der Waals surface area contributed by atoms with E-state index in [1.165, 1.54) is 18.2 Å². The van der Waals surface area contributed by atoms with Crippen LogP contribution < -0.4 is 0 Å². The first-order valence-electron chi connectivity index (χ1n) is 7.39. The van der Waals surface area contributed by atoms with Crippen molar-refractivity contribution in [1.82, 2.24) is 0 Å². The zero-order chi connectivity index (χ0) is 17.2. The number of hydrogen-bond acceptors (Lipinski definition) is 5. The number of carbonyl (C=O) groups is 3. The Kier molecular flexibility index (Phi) is 7.53. The van der Waals surface area contributed by atoms with Gasteiger partial charge in [-0.05, 0) is 30.5 Å². The molecule has 0 atom stereocenters. The Bertz CT molecular complexity index is 581. The van der Waals surface area contributed by atoms with Gasteiger partial charge in [0.15, 0.2) is 0 Å². The smallest absolute Gasteiger partial charge is 0.345 e. The van der Waals surface area contributed by atoms with E-state index < -0.39 is 17.9 Å². The third kappa shape index (κ3) is 5.58. The Balaban J connectivity index is 3.19. The topological polar surface area (TPSA) is 89.9 Å². The van der Waals surface area contributed by atoms with Gasteiger partial charge in [-0.1, -0.05) is 32.0 Å². The van der Waals surface area contributed by atoms with Gasteiger partial charge in [-0.2, -0.15) is 0 Å². The first-order chi connectivity index (χ1) is 11.0. The molecular weight excluding hydrogens is 300 g/mol. The summed E-state index contributed by atoms with van der Waals surface area (Å²) in [7, 11) is 0. The van der Waals surface area contributed by atoms with Crippen molar-refractivity contribution in [2.75, 3.05) is 13.2 Å². The van der Waals surface area contributed by atoms with Crippen LogP contribution >= 0.6 is 0 Å². The van der Waals surface area contributed by atoms with E-state index in [0.717, 1.165) is 0 Å². The standard InChI is InChI=1S/C17H20O6/c1-3-9-22-16(20)14(17(21)23-10-4-2)11-12-7-5-6-8-13(12)15(18)19/h5-8,11H,3-4,9-10H2,1-2H3,(H,18,19). The Labute approximate surface area is 134 Å². The molecule has 0 saturated carbocycles. The Morgan fingerprint density at radius 1 is 1.00 bits per heavy atom. The second-order valence-electron chi connectivity index (χ2n) is 4.72. The molecule has 0 aromatic heterocycles. The fourth-order valence-electron chi connectivity index (χ4n) is 1.72. The van der Waals surface area contributed by atoms with Gasteiger partial charge in [0, 0.05) is 0 Å². The van der Waals surface area contributed by atoms with Crippen molar-refractivity contribution >= 4 is 24.0 Å². The van der Waals surface area contributed by atoms with E-state index in [-0.39, 0.29) is 29.9 Å². The summed E-state index contributed by atoms with van der Waals surface area (Å²) >= 11 is 0. The van der Waals surface area contributed by atoms with Crippen LogP contribution in [0.15, 0.2) is 29.8 Å². The summed E-state index contributed by atoms with van der Waals surface area (Å²) in [4.78, 5) is 35.3. The maximum Gasteiger partial charge on any atom is 0.345 e. The van der Waals surface area contributed by atoms with Gasteiger partial charge in [0.1, 0.15) is 5.57 Å². The van der Waals surface area contributed by atoms with Crippen LogP contribution in [0.4, 0.5) is 0 Å². The van der Waals surface area contributed by atoms with Gasteiger partial charge in [0.05, 0.1) is 18.8 Å². The molecule has 0 saturated heterocycles. The number of carboxylic acid groups (broad SMARTS) is 1. The van der Waals surface area contributed by atoms with Gasteiger partial charge < -0.3 is 14.6 Å². The summed E-state index contributed by atoms with van der Waals surface area (Å²) in [6.07, 6.45) is 2.41. The Morgan fingerprint density at radius 3 is 2.00 bits per heavy atom. The van der Waals surface area contributed by atoms with Crippen molar-refractivity contribution in [3.05, 3.63) is 41.0 Å². The molecule has 0 aliphatic carbocycles. The molecule has 1 N–H and O–H groups in total. The van der Waals surface area contributed by atoms with Crippen molar-refractivity contribution in [3.8, 4) is 0 Å². The number of carbonyl (C=O) groups excluding carboxylic acids is 2. The van der Waals surface area contributed by atoms with Crippen LogP contribution in [0.2, 0.25) is 0 Å². The minimum Gasteiger partial charge on any atom is -0.478 e. The van der Waals surface area contributed by atoms with Crippen LogP contribution in [0.5, 0.6) is 0 Å². The van der Waals surface area contributed by atoms with Crippen LogP contribution in [0.25, 0.3) is 6.08 Å². The van der Waals surface area contributed by atoms with E-state index >= 15 is 0 Å². The maximum absolute atomic E-state index is 12.1. The van der Waals surface area contributed by atoms with Crippen LogP contribution in [0.3, 0.4) is 0 Å². The van der Waals surface area contributed by atoms with Gasteiger partial charge in [-0.15, -0.1) is 0 Å². The van der Waals surface area contributed by atoms with E-state index in [0.29, 0.717) is 12.8 Å². The van der Waals surface area contributed by atoms with Gasteiger partial charge in [-0.3, -0.25) is 0 Å². The number of carboxylic acids is 1. The van der Waals surface area contributed by atoms with Gasteiger partial charge in [0.2, 0.25) is 0 Å². The second-order valence-corrected chi connectivity index (χ2v) is 4.72. The van der Waals surface area contributed by atoms with Gasteiger partial charge in [0.25, 0.3) is 0 Å². The number of benzene rings is 1.